The van der Waals surface area contributed by atoms with E-state index in [1.54, 1.807) is 7.11 Å². The van der Waals surface area contributed by atoms with Gasteiger partial charge in [0.05, 0.1) is 13.2 Å². The molecule has 1 heterocycles. The van der Waals surface area contributed by atoms with E-state index >= 15 is 0 Å². The highest BCUT2D eigenvalue weighted by Crippen LogP contribution is 2.21. The highest BCUT2D eigenvalue weighted by atomic mass is 16.5. The molecule has 0 saturated carbocycles. The van der Waals surface area contributed by atoms with Crippen molar-refractivity contribution >= 4 is 10.9 Å². The molecule has 3 nitrogen and oxygen atoms in total. The molecule has 1 N–H and O–H groups in total. The lowest BCUT2D eigenvalue weighted by molar-refractivity contribution is 0.415. The summed E-state index contributed by atoms with van der Waals surface area (Å²) in [5.41, 5.74) is 2.15. The van der Waals surface area contributed by atoms with Crippen molar-refractivity contribution in [1.29, 1.82) is 5.26 Å². The fraction of sp³-hybridized carbons (Fsp3) is 0.250. The van der Waals surface area contributed by atoms with E-state index in [1.165, 1.54) is 0 Å². The molecular formula is C12H12N2O. The van der Waals surface area contributed by atoms with Crippen LogP contribution in [0.4, 0.5) is 0 Å². The normalized spacial score (nSPS) is 10.1. The third-order valence-electron chi connectivity index (χ3n) is 2.39. The number of aryl methyl sites for hydroxylation is 1. The maximum Gasteiger partial charge on any atom is 0.120 e. The van der Waals surface area contributed by atoms with Crippen LogP contribution in [-0.2, 0) is 6.42 Å². The zero-order valence-corrected chi connectivity index (χ0v) is 8.58. The van der Waals surface area contributed by atoms with Gasteiger partial charge in [0.2, 0.25) is 0 Å². The fourth-order valence-corrected chi connectivity index (χ4v) is 1.62. The van der Waals surface area contributed by atoms with Crippen LogP contribution in [0, 0.1) is 11.3 Å². The van der Waals surface area contributed by atoms with E-state index in [4.69, 9.17) is 10.00 Å². The molecule has 3 heteroatoms. The molecule has 0 radical (unpaired) electrons. The molecular weight excluding hydrogens is 188 g/mol. The minimum Gasteiger partial charge on any atom is -0.497 e. The summed E-state index contributed by atoms with van der Waals surface area (Å²) in [6, 6.07) is 10.1. The first-order valence-corrected chi connectivity index (χ1v) is 4.86. The number of ether oxygens (including phenoxy) is 1. The van der Waals surface area contributed by atoms with E-state index in [2.05, 4.69) is 17.1 Å². The number of aromatic amines is 1. The van der Waals surface area contributed by atoms with Crippen molar-refractivity contribution in [2.45, 2.75) is 12.8 Å². The number of rotatable bonds is 3. The number of methoxy groups -OCH3 is 1. The smallest absolute Gasteiger partial charge is 0.120 e. The van der Waals surface area contributed by atoms with Gasteiger partial charge in [0.1, 0.15) is 5.75 Å². The van der Waals surface area contributed by atoms with Crippen LogP contribution in [0.15, 0.2) is 24.3 Å². The van der Waals surface area contributed by atoms with Crippen LogP contribution < -0.4 is 4.74 Å². The van der Waals surface area contributed by atoms with Gasteiger partial charge in [-0.3, -0.25) is 0 Å². The topological polar surface area (TPSA) is 48.8 Å². The molecule has 0 spiro atoms. The monoisotopic (exact) mass is 200 g/mol. The Morgan fingerprint density at radius 3 is 3.00 bits per heavy atom. The Hall–Kier alpha value is -1.95. The van der Waals surface area contributed by atoms with Crippen molar-refractivity contribution in [2.75, 3.05) is 7.11 Å². The van der Waals surface area contributed by atoms with Gasteiger partial charge in [0.25, 0.3) is 0 Å². The Balaban J connectivity index is 2.34. The van der Waals surface area contributed by atoms with Crippen LogP contribution in [0.25, 0.3) is 10.9 Å². The number of hydrogen-bond donors (Lipinski definition) is 1. The quantitative estimate of drug-likeness (QED) is 0.827. The Labute approximate surface area is 88.3 Å². The molecule has 0 bridgehead atoms. The maximum atomic E-state index is 8.50. The summed E-state index contributed by atoms with van der Waals surface area (Å²) in [7, 11) is 1.65. The average molecular weight is 200 g/mol. The predicted molar refractivity (Wildman–Crippen MR) is 58.8 cm³/mol. The SMILES string of the molecule is COc1ccc2cc(CCC#N)[nH]c2c1. The zero-order chi connectivity index (χ0) is 10.7. The lowest BCUT2D eigenvalue weighted by atomic mass is 10.2. The minimum atomic E-state index is 0.546. The number of nitriles is 1. The molecule has 1 aromatic carbocycles. The van der Waals surface area contributed by atoms with E-state index in [0.29, 0.717) is 6.42 Å². The van der Waals surface area contributed by atoms with Crippen LogP contribution in [0.3, 0.4) is 0 Å². The molecule has 0 fully saturated rings. The van der Waals surface area contributed by atoms with Crippen LogP contribution >= 0.6 is 0 Å². The van der Waals surface area contributed by atoms with Gasteiger partial charge in [-0.25, -0.2) is 0 Å². The van der Waals surface area contributed by atoms with Crippen LogP contribution in [0.5, 0.6) is 5.75 Å². The first kappa shape index (κ1) is 9.60. The van der Waals surface area contributed by atoms with Crippen molar-refractivity contribution in [3.05, 3.63) is 30.0 Å². The molecule has 0 aliphatic heterocycles. The van der Waals surface area contributed by atoms with E-state index < -0.39 is 0 Å². The third kappa shape index (κ3) is 1.94. The zero-order valence-electron chi connectivity index (χ0n) is 8.58. The maximum absolute atomic E-state index is 8.50. The van der Waals surface area contributed by atoms with Crippen molar-refractivity contribution in [2.24, 2.45) is 0 Å². The van der Waals surface area contributed by atoms with Crippen LogP contribution in [0.1, 0.15) is 12.1 Å². The molecule has 76 valence electrons. The van der Waals surface area contributed by atoms with Gasteiger partial charge in [-0.05, 0) is 23.6 Å². The molecule has 0 atom stereocenters. The Kier molecular flexibility index (Phi) is 2.59. The molecule has 1 aromatic heterocycles. The molecule has 2 aromatic rings. The number of hydrogen-bond acceptors (Lipinski definition) is 2. The number of nitrogens with zero attached hydrogens (tertiary/aromatic N) is 1. The van der Waals surface area contributed by atoms with Gasteiger partial charge in [0.15, 0.2) is 0 Å². The van der Waals surface area contributed by atoms with Gasteiger partial charge >= 0.3 is 0 Å². The molecule has 2 rings (SSSR count). The molecule has 0 unspecified atom stereocenters. The van der Waals surface area contributed by atoms with E-state index in [1.807, 2.05) is 18.2 Å². The largest absolute Gasteiger partial charge is 0.497 e. The number of benzene rings is 1. The first-order chi connectivity index (χ1) is 7.33. The second-order valence-electron chi connectivity index (χ2n) is 3.41. The number of aromatic nitrogens is 1. The predicted octanol–water partition coefficient (Wildman–Crippen LogP) is 2.63. The molecule has 15 heavy (non-hydrogen) atoms. The lowest BCUT2D eigenvalue weighted by Crippen LogP contribution is -1.82. The standard InChI is InChI=1S/C12H12N2O/c1-15-11-5-4-9-7-10(3-2-6-13)14-12(9)8-11/h4-5,7-8,14H,2-3H2,1H3. The Morgan fingerprint density at radius 2 is 2.27 bits per heavy atom. The highest BCUT2D eigenvalue weighted by molar-refractivity contribution is 5.81. The van der Waals surface area contributed by atoms with Crippen molar-refractivity contribution in [3.8, 4) is 11.8 Å². The number of H-pyrrole nitrogens is 1. The van der Waals surface area contributed by atoms with Gasteiger partial charge in [0, 0.05) is 30.1 Å². The van der Waals surface area contributed by atoms with Gasteiger partial charge in [-0.1, -0.05) is 0 Å². The average Bonchev–Trinajstić information content (AvgIpc) is 2.67. The second kappa shape index (κ2) is 4.05. The highest BCUT2D eigenvalue weighted by Gasteiger charge is 2.01. The van der Waals surface area contributed by atoms with Crippen LogP contribution in [-0.4, -0.2) is 12.1 Å². The van der Waals surface area contributed by atoms with Crippen LogP contribution in [0.2, 0.25) is 0 Å². The van der Waals surface area contributed by atoms with Gasteiger partial charge < -0.3 is 9.72 Å². The van der Waals surface area contributed by atoms with Gasteiger partial charge in [-0.2, -0.15) is 5.26 Å². The molecule has 0 aliphatic carbocycles. The summed E-state index contributed by atoms with van der Waals surface area (Å²) in [5.74, 6) is 0.844. The van der Waals surface area contributed by atoms with E-state index in [0.717, 1.165) is 28.8 Å². The summed E-state index contributed by atoms with van der Waals surface area (Å²) in [5, 5.41) is 9.66. The summed E-state index contributed by atoms with van der Waals surface area (Å²) < 4.78 is 5.14. The van der Waals surface area contributed by atoms with Crippen molar-refractivity contribution in [1.82, 2.24) is 4.98 Å². The Bertz CT molecular complexity index is 508. The summed E-state index contributed by atoms with van der Waals surface area (Å²) in [6.45, 7) is 0. The summed E-state index contributed by atoms with van der Waals surface area (Å²) in [4.78, 5) is 3.27. The fourth-order valence-electron chi connectivity index (χ4n) is 1.62. The van der Waals surface area contributed by atoms with Crippen molar-refractivity contribution < 1.29 is 4.74 Å². The van der Waals surface area contributed by atoms with Gasteiger partial charge in [-0.15, -0.1) is 0 Å². The Morgan fingerprint density at radius 1 is 1.40 bits per heavy atom. The molecule has 0 aliphatic rings. The van der Waals surface area contributed by atoms with E-state index in [-0.39, 0.29) is 0 Å². The number of nitrogens with one attached hydrogen (secondary N) is 1. The second-order valence-corrected chi connectivity index (χ2v) is 3.41. The number of fused-ring (bicyclic) bond motifs is 1. The summed E-state index contributed by atoms with van der Waals surface area (Å²) >= 11 is 0. The minimum absolute atomic E-state index is 0.546. The summed E-state index contributed by atoms with van der Waals surface area (Å²) in [6.07, 6.45) is 1.32. The van der Waals surface area contributed by atoms with Crippen molar-refractivity contribution in [3.63, 3.8) is 0 Å². The van der Waals surface area contributed by atoms with E-state index in [9.17, 15) is 0 Å². The molecule has 0 saturated heterocycles. The first-order valence-electron chi connectivity index (χ1n) is 4.86. The third-order valence-corrected chi connectivity index (χ3v) is 2.39. The molecule has 0 amide bonds. The lowest BCUT2D eigenvalue weighted by Gasteiger charge is -1.97.